The summed E-state index contributed by atoms with van der Waals surface area (Å²) in [4.78, 5) is 2.45. The summed E-state index contributed by atoms with van der Waals surface area (Å²) < 4.78 is 5.29. The third kappa shape index (κ3) is 5.54. The zero-order valence-electron chi connectivity index (χ0n) is 9.22. The number of rotatable bonds is 7. The summed E-state index contributed by atoms with van der Waals surface area (Å²) in [5.41, 5.74) is 0. The average Bonchev–Trinajstić information content (AvgIpc) is 2.25. The third-order valence-electron chi connectivity index (χ3n) is 2.44. The molecule has 14 heavy (non-hydrogen) atoms. The maximum Gasteiger partial charge on any atom is 0.0594 e. The van der Waals surface area contributed by atoms with E-state index in [9.17, 15) is 0 Å². The predicted octanol–water partition coefficient (Wildman–Crippen LogP) is -0.482. The average molecular weight is 201 g/mol. The Morgan fingerprint density at radius 2 is 1.79 bits per heavy atom. The van der Waals surface area contributed by atoms with Gasteiger partial charge in [0.25, 0.3) is 0 Å². The Kier molecular flexibility index (Phi) is 6.95. The van der Waals surface area contributed by atoms with E-state index in [1.54, 1.807) is 0 Å². The first-order valence-corrected chi connectivity index (χ1v) is 5.65. The van der Waals surface area contributed by atoms with Crippen molar-refractivity contribution >= 4 is 0 Å². The molecular formula is C10H23N3O. The maximum atomic E-state index is 5.29. The van der Waals surface area contributed by atoms with Crippen molar-refractivity contribution in [1.29, 1.82) is 0 Å². The van der Waals surface area contributed by atoms with Crippen molar-refractivity contribution in [2.45, 2.75) is 6.92 Å². The molecule has 0 amide bonds. The van der Waals surface area contributed by atoms with Crippen molar-refractivity contribution in [3.63, 3.8) is 0 Å². The Morgan fingerprint density at radius 1 is 1.07 bits per heavy atom. The Balaban J connectivity index is 1.82. The first kappa shape index (κ1) is 11.9. The number of nitrogens with zero attached hydrogens (tertiary/aromatic N) is 1. The monoisotopic (exact) mass is 201 g/mol. The van der Waals surface area contributed by atoms with Crippen LogP contribution in [0.25, 0.3) is 0 Å². The molecule has 1 saturated heterocycles. The molecule has 1 rings (SSSR count). The van der Waals surface area contributed by atoms with Crippen LogP contribution in [0.15, 0.2) is 0 Å². The lowest BCUT2D eigenvalue weighted by Crippen LogP contribution is -2.41. The molecule has 0 atom stereocenters. The fourth-order valence-corrected chi connectivity index (χ4v) is 1.54. The second-order valence-corrected chi connectivity index (χ2v) is 3.56. The number of likely N-dealkylation sites (N-methyl/N-ethyl adjacent to an activating group) is 1. The fourth-order valence-electron chi connectivity index (χ4n) is 1.54. The Labute approximate surface area is 87.0 Å². The van der Waals surface area contributed by atoms with E-state index in [0.29, 0.717) is 0 Å². The van der Waals surface area contributed by atoms with Crippen molar-refractivity contribution < 1.29 is 4.74 Å². The fraction of sp³-hybridized carbons (Fsp3) is 1.00. The molecule has 0 spiro atoms. The highest BCUT2D eigenvalue weighted by atomic mass is 16.5. The molecule has 0 saturated carbocycles. The first-order valence-electron chi connectivity index (χ1n) is 5.65. The van der Waals surface area contributed by atoms with Crippen LogP contribution in [0.3, 0.4) is 0 Å². The molecule has 0 aliphatic carbocycles. The van der Waals surface area contributed by atoms with Crippen LogP contribution >= 0.6 is 0 Å². The van der Waals surface area contributed by atoms with Gasteiger partial charge in [-0.05, 0) is 6.54 Å². The highest BCUT2D eigenvalue weighted by Crippen LogP contribution is 1.94. The Morgan fingerprint density at radius 3 is 2.50 bits per heavy atom. The van der Waals surface area contributed by atoms with E-state index >= 15 is 0 Å². The van der Waals surface area contributed by atoms with Gasteiger partial charge >= 0.3 is 0 Å². The van der Waals surface area contributed by atoms with E-state index < -0.39 is 0 Å². The van der Waals surface area contributed by atoms with Crippen molar-refractivity contribution in [2.75, 3.05) is 59.0 Å². The van der Waals surface area contributed by atoms with Crippen LogP contribution in [0, 0.1) is 0 Å². The zero-order chi connectivity index (χ0) is 10.1. The van der Waals surface area contributed by atoms with E-state index in [1.165, 1.54) is 0 Å². The summed E-state index contributed by atoms with van der Waals surface area (Å²) in [5.74, 6) is 0. The van der Waals surface area contributed by atoms with Crippen LogP contribution < -0.4 is 10.6 Å². The van der Waals surface area contributed by atoms with Crippen molar-refractivity contribution in [1.82, 2.24) is 15.5 Å². The molecule has 0 radical (unpaired) electrons. The first-order chi connectivity index (χ1) is 6.93. The van der Waals surface area contributed by atoms with Crippen molar-refractivity contribution in [3.8, 4) is 0 Å². The van der Waals surface area contributed by atoms with E-state index in [4.69, 9.17) is 4.74 Å². The zero-order valence-corrected chi connectivity index (χ0v) is 9.22. The molecule has 0 aromatic heterocycles. The highest BCUT2D eigenvalue weighted by molar-refractivity contribution is 4.63. The minimum atomic E-state index is 0.900. The van der Waals surface area contributed by atoms with E-state index in [1.807, 2.05) is 0 Å². The molecule has 0 aromatic rings. The van der Waals surface area contributed by atoms with E-state index in [-0.39, 0.29) is 0 Å². The quantitative estimate of drug-likeness (QED) is 0.545. The van der Waals surface area contributed by atoms with Gasteiger partial charge in [-0.3, -0.25) is 4.90 Å². The molecule has 1 aliphatic rings. The Bertz CT molecular complexity index is 127. The summed E-state index contributed by atoms with van der Waals surface area (Å²) in [6, 6.07) is 0. The van der Waals surface area contributed by atoms with Gasteiger partial charge in [-0.25, -0.2) is 0 Å². The van der Waals surface area contributed by atoms with Gasteiger partial charge in [-0.2, -0.15) is 0 Å². The second kappa shape index (κ2) is 8.17. The van der Waals surface area contributed by atoms with Gasteiger partial charge in [0, 0.05) is 39.3 Å². The van der Waals surface area contributed by atoms with Crippen LogP contribution in [0.5, 0.6) is 0 Å². The highest BCUT2D eigenvalue weighted by Gasteiger charge is 2.08. The minimum Gasteiger partial charge on any atom is -0.379 e. The minimum absolute atomic E-state index is 0.900. The van der Waals surface area contributed by atoms with E-state index in [2.05, 4.69) is 22.5 Å². The van der Waals surface area contributed by atoms with Gasteiger partial charge in [-0.15, -0.1) is 0 Å². The molecule has 1 aliphatic heterocycles. The summed E-state index contributed by atoms with van der Waals surface area (Å²) in [7, 11) is 0. The number of hydrogen-bond acceptors (Lipinski definition) is 4. The van der Waals surface area contributed by atoms with Gasteiger partial charge in [0.2, 0.25) is 0 Å². The normalized spacial score (nSPS) is 18.6. The molecular weight excluding hydrogens is 178 g/mol. The lowest BCUT2D eigenvalue weighted by Gasteiger charge is -2.26. The lowest BCUT2D eigenvalue weighted by atomic mass is 10.4. The van der Waals surface area contributed by atoms with Crippen LogP contribution in [-0.4, -0.2) is 63.9 Å². The topological polar surface area (TPSA) is 36.5 Å². The summed E-state index contributed by atoms with van der Waals surface area (Å²) in [5, 5.41) is 6.71. The number of ether oxygens (including phenoxy) is 1. The van der Waals surface area contributed by atoms with E-state index in [0.717, 1.165) is 59.0 Å². The van der Waals surface area contributed by atoms with Gasteiger partial charge in [0.05, 0.1) is 13.2 Å². The molecule has 1 heterocycles. The SMILES string of the molecule is CCNCCNCCN1CCOCC1. The molecule has 1 fully saturated rings. The van der Waals surface area contributed by atoms with Crippen LogP contribution in [-0.2, 0) is 4.74 Å². The van der Waals surface area contributed by atoms with Crippen LogP contribution in [0.2, 0.25) is 0 Å². The van der Waals surface area contributed by atoms with Crippen LogP contribution in [0.1, 0.15) is 6.92 Å². The predicted molar refractivity (Wildman–Crippen MR) is 58.7 cm³/mol. The third-order valence-corrected chi connectivity index (χ3v) is 2.44. The molecule has 2 N–H and O–H groups in total. The Hall–Kier alpha value is -0.160. The van der Waals surface area contributed by atoms with Crippen molar-refractivity contribution in [2.24, 2.45) is 0 Å². The number of hydrogen-bond donors (Lipinski definition) is 2. The maximum absolute atomic E-state index is 5.29. The summed E-state index contributed by atoms with van der Waals surface area (Å²) in [6.45, 7) is 11.6. The molecule has 4 heteroatoms. The molecule has 4 nitrogen and oxygen atoms in total. The largest absolute Gasteiger partial charge is 0.379 e. The summed E-state index contributed by atoms with van der Waals surface area (Å²) in [6.07, 6.45) is 0. The van der Waals surface area contributed by atoms with Crippen LogP contribution in [0.4, 0.5) is 0 Å². The number of morpholine rings is 1. The molecule has 0 unspecified atom stereocenters. The lowest BCUT2D eigenvalue weighted by molar-refractivity contribution is 0.0385. The smallest absolute Gasteiger partial charge is 0.0594 e. The van der Waals surface area contributed by atoms with Gasteiger partial charge in [-0.1, -0.05) is 6.92 Å². The van der Waals surface area contributed by atoms with Gasteiger partial charge < -0.3 is 15.4 Å². The molecule has 0 aromatic carbocycles. The summed E-state index contributed by atoms with van der Waals surface area (Å²) >= 11 is 0. The molecule has 0 bridgehead atoms. The van der Waals surface area contributed by atoms with Gasteiger partial charge in [0.15, 0.2) is 0 Å². The second-order valence-electron chi connectivity index (χ2n) is 3.56. The number of nitrogens with one attached hydrogen (secondary N) is 2. The molecule has 84 valence electrons. The van der Waals surface area contributed by atoms with Crippen molar-refractivity contribution in [3.05, 3.63) is 0 Å². The standard InChI is InChI=1S/C10H23N3O/c1-2-11-3-4-12-5-6-13-7-9-14-10-8-13/h11-12H,2-10H2,1H3. The van der Waals surface area contributed by atoms with Gasteiger partial charge in [0.1, 0.15) is 0 Å².